The van der Waals surface area contributed by atoms with Gasteiger partial charge in [-0.25, -0.2) is 14.2 Å². The minimum Gasteiger partial charge on any atom is -0.477 e. The molecule has 0 aliphatic heterocycles. The maximum absolute atomic E-state index is 13.8. The van der Waals surface area contributed by atoms with Crippen LogP contribution in [-0.2, 0) is 6.54 Å². The molecule has 7 heteroatoms. The van der Waals surface area contributed by atoms with Crippen molar-refractivity contribution in [3.05, 3.63) is 132 Å². The van der Waals surface area contributed by atoms with Crippen LogP contribution in [-0.4, -0.2) is 25.6 Å². The van der Waals surface area contributed by atoms with Gasteiger partial charge in [0.05, 0.1) is 27.1 Å². The summed E-state index contributed by atoms with van der Waals surface area (Å²) in [4.78, 5) is 21.3. The van der Waals surface area contributed by atoms with E-state index in [9.17, 15) is 14.3 Å². The number of benzene rings is 3. The highest BCUT2D eigenvalue weighted by Gasteiger charge is 2.24. The van der Waals surface area contributed by atoms with E-state index in [1.807, 2.05) is 54.6 Å². The van der Waals surface area contributed by atoms with E-state index < -0.39 is 5.97 Å². The summed E-state index contributed by atoms with van der Waals surface area (Å²) < 4.78 is 17.0. The number of aromatic carboxylic acids is 1. The topological polar surface area (TPSA) is 68.0 Å². The zero-order valence-electron chi connectivity index (χ0n) is 21.7. The highest BCUT2D eigenvalue weighted by Crippen LogP contribution is 2.45. The molecule has 0 saturated heterocycles. The van der Waals surface area contributed by atoms with Crippen LogP contribution in [0.15, 0.2) is 116 Å². The summed E-state index contributed by atoms with van der Waals surface area (Å²) in [5.74, 6) is -1.23. The van der Waals surface area contributed by atoms with Crippen molar-refractivity contribution < 1.29 is 14.3 Å². The summed E-state index contributed by atoms with van der Waals surface area (Å²) in [7, 11) is 0. The van der Waals surface area contributed by atoms with Crippen LogP contribution in [0.1, 0.15) is 15.2 Å². The third-order valence-electron chi connectivity index (χ3n) is 7.18. The van der Waals surface area contributed by atoms with Crippen molar-refractivity contribution >= 4 is 38.4 Å². The number of carboxylic acid groups (broad SMARTS) is 1. The number of fused-ring (bicyclic) bond motifs is 2. The molecule has 7 aromatic rings. The first-order valence-corrected chi connectivity index (χ1v) is 13.9. The fourth-order valence-corrected chi connectivity index (χ4v) is 6.39. The minimum absolute atomic E-state index is 0.297. The fraction of sp³-hybridized carbons (Fsp3) is 0.0294. The molecule has 1 N–H and O–H groups in total. The Morgan fingerprint density at radius 3 is 2.41 bits per heavy atom. The smallest absolute Gasteiger partial charge is 0.345 e. The molecule has 41 heavy (non-hydrogen) atoms. The lowest BCUT2D eigenvalue weighted by atomic mass is 9.99. The van der Waals surface area contributed by atoms with Gasteiger partial charge >= 0.3 is 5.97 Å². The average Bonchev–Trinajstić information content (AvgIpc) is 3.56. The molecule has 7 rings (SSSR count). The van der Waals surface area contributed by atoms with Gasteiger partial charge in [0.1, 0.15) is 10.7 Å². The fourth-order valence-electron chi connectivity index (χ4n) is 5.32. The molecule has 0 amide bonds. The predicted molar refractivity (Wildman–Crippen MR) is 162 cm³/mol. The molecular weight excluding hydrogens is 533 g/mol. The molecule has 4 aromatic heterocycles. The van der Waals surface area contributed by atoms with Gasteiger partial charge in [-0.05, 0) is 65.2 Å². The van der Waals surface area contributed by atoms with Crippen molar-refractivity contribution in [2.75, 3.05) is 0 Å². The number of hydrogen-bond donors (Lipinski definition) is 1. The van der Waals surface area contributed by atoms with E-state index in [0.717, 1.165) is 54.6 Å². The van der Waals surface area contributed by atoms with E-state index in [2.05, 4.69) is 33.8 Å². The van der Waals surface area contributed by atoms with Crippen molar-refractivity contribution in [2.24, 2.45) is 0 Å². The molecule has 5 nitrogen and oxygen atoms in total. The molecule has 3 aromatic carbocycles. The summed E-state index contributed by atoms with van der Waals surface area (Å²) in [6.07, 6.45) is 3.53. The van der Waals surface area contributed by atoms with Crippen molar-refractivity contribution in [3.63, 3.8) is 0 Å². The van der Waals surface area contributed by atoms with Crippen LogP contribution in [0.4, 0.5) is 4.39 Å². The van der Waals surface area contributed by atoms with Crippen LogP contribution in [0.3, 0.4) is 0 Å². The van der Waals surface area contributed by atoms with Crippen molar-refractivity contribution in [1.29, 1.82) is 0 Å². The molecular formula is C34H22FN3O2S. The molecule has 4 heterocycles. The third-order valence-corrected chi connectivity index (χ3v) is 8.31. The zero-order chi connectivity index (χ0) is 27.9. The quantitative estimate of drug-likeness (QED) is 0.223. The lowest BCUT2D eigenvalue weighted by Crippen LogP contribution is -2.03. The molecule has 0 radical (unpaired) electrons. The van der Waals surface area contributed by atoms with Gasteiger partial charge < -0.3 is 9.67 Å². The minimum atomic E-state index is -0.937. The number of aromatic nitrogens is 3. The average molecular weight is 556 g/mol. The number of nitrogens with zero attached hydrogens (tertiary/aromatic N) is 3. The number of hydrogen-bond acceptors (Lipinski definition) is 4. The van der Waals surface area contributed by atoms with E-state index in [1.165, 1.54) is 23.5 Å². The first-order valence-electron chi connectivity index (χ1n) is 13.1. The molecule has 0 aliphatic carbocycles. The van der Waals surface area contributed by atoms with Gasteiger partial charge in [0, 0.05) is 35.5 Å². The van der Waals surface area contributed by atoms with E-state index in [4.69, 9.17) is 4.98 Å². The Morgan fingerprint density at radius 1 is 0.829 bits per heavy atom. The van der Waals surface area contributed by atoms with Gasteiger partial charge in [0.15, 0.2) is 0 Å². The zero-order valence-corrected chi connectivity index (χ0v) is 22.5. The van der Waals surface area contributed by atoms with Crippen LogP contribution in [0.2, 0.25) is 0 Å². The van der Waals surface area contributed by atoms with E-state index in [-0.39, 0.29) is 5.82 Å². The second-order valence-corrected chi connectivity index (χ2v) is 10.8. The SMILES string of the molecule is O=C(O)c1cc2c(s1)c(-c1ccccc1)c(-c1ccc3nc(-c4cccc(F)c4)ccc3c1)n2Cc1ccncc1. The van der Waals surface area contributed by atoms with Crippen molar-refractivity contribution in [1.82, 2.24) is 14.5 Å². The highest BCUT2D eigenvalue weighted by molar-refractivity contribution is 7.21. The number of thiophene rings is 1. The Morgan fingerprint density at radius 2 is 1.63 bits per heavy atom. The molecule has 0 atom stereocenters. The van der Waals surface area contributed by atoms with Crippen LogP contribution in [0.5, 0.6) is 0 Å². The summed E-state index contributed by atoms with van der Waals surface area (Å²) in [5.41, 5.74) is 8.17. The maximum atomic E-state index is 13.8. The summed E-state index contributed by atoms with van der Waals surface area (Å²) in [6, 6.07) is 32.3. The van der Waals surface area contributed by atoms with Crippen LogP contribution in [0, 0.1) is 5.82 Å². The number of rotatable bonds is 6. The Labute approximate surface area is 238 Å². The highest BCUT2D eigenvalue weighted by atomic mass is 32.1. The van der Waals surface area contributed by atoms with E-state index >= 15 is 0 Å². The van der Waals surface area contributed by atoms with Gasteiger partial charge in [0.25, 0.3) is 0 Å². The monoisotopic (exact) mass is 555 g/mol. The Hall–Kier alpha value is -5.14. The lowest BCUT2D eigenvalue weighted by molar-refractivity contribution is 0.0702. The molecule has 0 bridgehead atoms. The number of carbonyl (C=O) groups is 1. The normalized spacial score (nSPS) is 11.3. The summed E-state index contributed by atoms with van der Waals surface area (Å²) in [5, 5.41) is 10.8. The van der Waals surface area contributed by atoms with E-state index in [0.29, 0.717) is 17.1 Å². The van der Waals surface area contributed by atoms with Gasteiger partial charge in [-0.15, -0.1) is 11.3 Å². The van der Waals surface area contributed by atoms with Gasteiger partial charge in [-0.2, -0.15) is 0 Å². The summed E-state index contributed by atoms with van der Waals surface area (Å²) >= 11 is 1.30. The van der Waals surface area contributed by atoms with Crippen molar-refractivity contribution in [2.45, 2.75) is 6.54 Å². The Bertz CT molecular complexity index is 2070. The Kier molecular flexibility index (Phi) is 6.14. The molecule has 0 aliphatic rings. The number of carboxylic acids is 1. The molecule has 0 unspecified atom stereocenters. The standard InChI is InChI=1S/C34H22FN3O2S/c35-26-8-4-7-23(18-26)27-11-9-24-17-25(10-12-28(24)37-27)32-31(22-5-2-1-3-6-22)33-29(19-30(41-33)34(39)40)38(32)20-21-13-15-36-16-14-21/h1-19H,20H2,(H,39,40). The lowest BCUT2D eigenvalue weighted by Gasteiger charge is -2.14. The van der Waals surface area contributed by atoms with Gasteiger partial charge in [0.2, 0.25) is 0 Å². The summed E-state index contributed by atoms with van der Waals surface area (Å²) in [6.45, 7) is 0.547. The third kappa shape index (κ3) is 4.56. The van der Waals surface area contributed by atoms with E-state index in [1.54, 1.807) is 24.5 Å². The predicted octanol–water partition coefficient (Wildman–Crippen LogP) is 8.53. The maximum Gasteiger partial charge on any atom is 0.345 e. The van der Waals surface area contributed by atoms with Crippen LogP contribution in [0.25, 0.3) is 54.8 Å². The first-order chi connectivity index (χ1) is 20.0. The molecule has 198 valence electrons. The molecule has 0 fully saturated rings. The van der Waals surface area contributed by atoms with Crippen molar-refractivity contribution in [3.8, 4) is 33.6 Å². The van der Waals surface area contributed by atoms with Crippen LogP contribution < -0.4 is 0 Å². The number of halogens is 1. The van der Waals surface area contributed by atoms with Gasteiger partial charge in [-0.3, -0.25) is 4.98 Å². The Balaban J connectivity index is 1.46. The van der Waals surface area contributed by atoms with Crippen LogP contribution >= 0.6 is 11.3 Å². The number of pyridine rings is 2. The molecule has 0 saturated carbocycles. The second-order valence-electron chi connectivity index (χ2n) is 9.78. The van der Waals surface area contributed by atoms with Gasteiger partial charge in [-0.1, -0.05) is 54.6 Å². The first kappa shape index (κ1) is 24.9. The second kappa shape index (κ2) is 10.1. The molecule has 0 spiro atoms. The largest absolute Gasteiger partial charge is 0.477 e.